The van der Waals surface area contributed by atoms with E-state index in [2.05, 4.69) is 6.92 Å². The van der Waals surface area contributed by atoms with Crippen molar-refractivity contribution in [3.05, 3.63) is 65.7 Å². The van der Waals surface area contributed by atoms with E-state index in [1.807, 2.05) is 49.4 Å². The first-order valence-electron chi connectivity index (χ1n) is 7.79. The van der Waals surface area contributed by atoms with E-state index >= 15 is 0 Å². The van der Waals surface area contributed by atoms with Gasteiger partial charge in [0.1, 0.15) is 5.75 Å². The molecule has 2 unspecified atom stereocenters. The Bertz CT molecular complexity index is 624. The summed E-state index contributed by atoms with van der Waals surface area (Å²) in [6, 6.07) is 17.1. The summed E-state index contributed by atoms with van der Waals surface area (Å²) < 4.78 is 11.0. The summed E-state index contributed by atoms with van der Waals surface area (Å²) in [4.78, 5) is 10.8. The van der Waals surface area contributed by atoms with Gasteiger partial charge < -0.3 is 14.6 Å². The van der Waals surface area contributed by atoms with Crippen LogP contribution in [0.5, 0.6) is 5.75 Å². The highest BCUT2D eigenvalue weighted by molar-refractivity contribution is 5.62. The van der Waals surface area contributed by atoms with Gasteiger partial charge in [-0.1, -0.05) is 55.5 Å². The lowest BCUT2D eigenvalue weighted by atomic mass is 10.00. The van der Waals surface area contributed by atoms with Crippen LogP contribution < -0.4 is 4.74 Å². The highest BCUT2D eigenvalue weighted by Gasteiger charge is 2.18. The van der Waals surface area contributed by atoms with E-state index in [1.165, 1.54) is 0 Å². The lowest BCUT2D eigenvalue weighted by molar-refractivity contribution is -0.00518. The molecule has 0 radical (unpaired) electrons. The van der Waals surface area contributed by atoms with Crippen molar-refractivity contribution in [2.24, 2.45) is 0 Å². The molecule has 23 heavy (non-hydrogen) atoms. The van der Waals surface area contributed by atoms with Gasteiger partial charge in [0, 0.05) is 6.42 Å². The average molecular weight is 314 g/mol. The Morgan fingerprint density at radius 3 is 2.39 bits per heavy atom. The first kappa shape index (κ1) is 17.0. The largest absolute Gasteiger partial charge is 0.511 e. The number of carbonyl (C=O) groups is 1. The van der Waals surface area contributed by atoms with Crippen LogP contribution in [0.2, 0.25) is 0 Å². The van der Waals surface area contributed by atoms with E-state index in [9.17, 15) is 4.79 Å². The van der Waals surface area contributed by atoms with Crippen LogP contribution in [0.4, 0.5) is 4.79 Å². The first-order valence-corrected chi connectivity index (χ1v) is 7.79. The quantitative estimate of drug-likeness (QED) is 0.587. The van der Waals surface area contributed by atoms with Gasteiger partial charge >= 0.3 is 6.16 Å². The molecule has 0 amide bonds. The average Bonchev–Trinajstić information content (AvgIpc) is 2.56. The van der Waals surface area contributed by atoms with Crippen LogP contribution in [-0.2, 0) is 11.2 Å². The fraction of sp³-hybridized carbons (Fsp3) is 0.316. The second kappa shape index (κ2) is 8.34. The smallest absolute Gasteiger partial charge is 0.449 e. The zero-order valence-electron chi connectivity index (χ0n) is 13.4. The van der Waals surface area contributed by atoms with E-state index in [0.29, 0.717) is 12.2 Å². The molecule has 2 aromatic carbocycles. The summed E-state index contributed by atoms with van der Waals surface area (Å²) in [5.41, 5.74) is 1.88. The van der Waals surface area contributed by atoms with Gasteiger partial charge in [-0.25, -0.2) is 4.79 Å². The second-order valence-corrected chi connectivity index (χ2v) is 5.43. The molecule has 4 heteroatoms. The van der Waals surface area contributed by atoms with Crippen molar-refractivity contribution in [3.63, 3.8) is 0 Å². The maximum absolute atomic E-state index is 10.8. The number of carboxylic acid groups (broad SMARTS) is 1. The van der Waals surface area contributed by atoms with Crippen LogP contribution in [0.25, 0.3) is 0 Å². The number of rotatable bonds is 7. The van der Waals surface area contributed by atoms with Crippen LogP contribution in [-0.4, -0.2) is 17.4 Å². The second-order valence-electron chi connectivity index (χ2n) is 5.43. The molecular formula is C19H22O4. The molecule has 0 saturated carbocycles. The predicted molar refractivity (Wildman–Crippen MR) is 88.8 cm³/mol. The van der Waals surface area contributed by atoms with E-state index in [1.54, 1.807) is 12.1 Å². The minimum atomic E-state index is -1.31. The number of hydrogen-bond donors (Lipinski definition) is 1. The normalized spacial score (nSPS) is 13.3. The minimum Gasteiger partial charge on any atom is -0.449 e. The van der Waals surface area contributed by atoms with Crippen molar-refractivity contribution in [1.82, 2.24) is 0 Å². The third kappa shape index (κ3) is 5.11. The SMILES string of the molecule is CCC(C)OC(Cc1ccccc1OC(=O)O)c1ccccc1. The van der Waals surface area contributed by atoms with Gasteiger partial charge in [-0.15, -0.1) is 0 Å². The lowest BCUT2D eigenvalue weighted by Crippen LogP contribution is -2.16. The summed E-state index contributed by atoms with van der Waals surface area (Å²) in [5.74, 6) is 0.355. The minimum absolute atomic E-state index is 0.118. The molecule has 0 saturated heterocycles. The van der Waals surface area contributed by atoms with E-state index in [-0.39, 0.29) is 12.2 Å². The highest BCUT2D eigenvalue weighted by atomic mass is 16.7. The Morgan fingerprint density at radius 2 is 1.74 bits per heavy atom. The first-order chi connectivity index (χ1) is 11.1. The third-order valence-electron chi connectivity index (χ3n) is 3.72. The fourth-order valence-corrected chi connectivity index (χ4v) is 2.35. The zero-order chi connectivity index (χ0) is 16.7. The Labute approximate surface area is 136 Å². The molecule has 0 spiro atoms. The van der Waals surface area contributed by atoms with Gasteiger partial charge in [0.05, 0.1) is 12.2 Å². The van der Waals surface area contributed by atoms with Crippen molar-refractivity contribution in [2.75, 3.05) is 0 Å². The molecule has 0 aromatic heterocycles. The molecule has 0 bridgehead atoms. The van der Waals surface area contributed by atoms with Crippen LogP contribution in [0.1, 0.15) is 37.5 Å². The van der Waals surface area contributed by atoms with Gasteiger partial charge in [0.25, 0.3) is 0 Å². The zero-order valence-corrected chi connectivity index (χ0v) is 13.4. The lowest BCUT2D eigenvalue weighted by Gasteiger charge is -2.23. The molecule has 1 N–H and O–H groups in total. The molecule has 0 heterocycles. The van der Waals surface area contributed by atoms with Crippen LogP contribution in [0.3, 0.4) is 0 Å². The third-order valence-corrected chi connectivity index (χ3v) is 3.72. The van der Waals surface area contributed by atoms with Crippen molar-refractivity contribution in [2.45, 2.75) is 38.9 Å². The molecule has 0 aliphatic rings. The van der Waals surface area contributed by atoms with Gasteiger partial charge in [0.15, 0.2) is 0 Å². The van der Waals surface area contributed by atoms with E-state index < -0.39 is 6.16 Å². The van der Waals surface area contributed by atoms with Gasteiger partial charge in [-0.2, -0.15) is 0 Å². The van der Waals surface area contributed by atoms with Crippen LogP contribution in [0.15, 0.2) is 54.6 Å². The summed E-state index contributed by atoms with van der Waals surface area (Å²) >= 11 is 0. The maximum Gasteiger partial charge on any atom is 0.511 e. The molecule has 2 aromatic rings. The molecule has 122 valence electrons. The number of para-hydroxylation sites is 1. The van der Waals surface area contributed by atoms with Crippen molar-refractivity contribution in [3.8, 4) is 5.75 Å². The topological polar surface area (TPSA) is 55.8 Å². The fourth-order valence-electron chi connectivity index (χ4n) is 2.35. The Kier molecular flexibility index (Phi) is 6.18. The van der Waals surface area contributed by atoms with E-state index in [4.69, 9.17) is 14.6 Å². The molecule has 0 aliphatic carbocycles. The van der Waals surface area contributed by atoms with Gasteiger partial charge in [-0.3, -0.25) is 0 Å². The molecular weight excluding hydrogens is 292 g/mol. The number of ether oxygens (including phenoxy) is 2. The Balaban J connectivity index is 2.26. The molecule has 4 nitrogen and oxygen atoms in total. The standard InChI is InChI=1S/C19H22O4/c1-3-14(2)22-18(15-9-5-4-6-10-15)13-16-11-7-8-12-17(16)23-19(20)21/h4-12,14,18H,3,13H2,1-2H3,(H,20,21). The van der Waals surface area contributed by atoms with Crippen molar-refractivity contribution < 1.29 is 19.4 Å². The Hall–Kier alpha value is -2.33. The summed E-state index contributed by atoms with van der Waals surface area (Å²) in [7, 11) is 0. The predicted octanol–water partition coefficient (Wildman–Crippen LogP) is 4.84. The monoisotopic (exact) mass is 314 g/mol. The molecule has 2 atom stereocenters. The Morgan fingerprint density at radius 1 is 1.09 bits per heavy atom. The van der Waals surface area contributed by atoms with E-state index in [0.717, 1.165) is 17.5 Å². The molecule has 0 aliphatic heterocycles. The van der Waals surface area contributed by atoms with Crippen LogP contribution in [0, 0.1) is 0 Å². The summed E-state index contributed by atoms with van der Waals surface area (Å²) in [6.07, 6.45) is 0.128. The molecule has 0 fully saturated rings. The molecule has 2 rings (SSSR count). The maximum atomic E-state index is 10.8. The highest BCUT2D eigenvalue weighted by Crippen LogP contribution is 2.29. The number of hydrogen-bond acceptors (Lipinski definition) is 3. The van der Waals surface area contributed by atoms with Crippen molar-refractivity contribution >= 4 is 6.16 Å². The van der Waals surface area contributed by atoms with Gasteiger partial charge in [-0.05, 0) is 30.5 Å². The summed E-state index contributed by atoms with van der Waals surface area (Å²) in [5, 5.41) is 8.87. The van der Waals surface area contributed by atoms with Crippen LogP contribution >= 0.6 is 0 Å². The summed E-state index contributed by atoms with van der Waals surface area (Å²) in [6.45, 7) is 4.11. The van der Waals surface area contributed by atoms with Crippen molar-refractivity contribution in [1.29, 1.82) is 0 Å². The van der Waals surface area contributed by atoms with Gasteiger partial charge in [0.2, 0.25) is 0 Å². The number of benzene rings is 2.